The molecular weight excluding hydrogens is 222 g/mol. The van der Waals surface area contributed by atoms with E-state index in [0.29, 0.717) is 0 Å². The zero-order valence-electron chi connectivity index (χ0n) is 13.1. The maximum absolute atomic E-state index is 3.64. The number of hydrogen-bond acceptors (Lipinski definition) is 3. The van der Waals surface area contributed by atoms with Crippen molar-refractivity contribution < 1.29 is 0 Å². The van der Waals surface area contributed by atoms with Gasteiger partial charge in [-0.15, -0.1) is 0 Å². The van der Waals surface area contributed by atoms with E-state index < -0.39 is 0 Å². The van der Waals surface area contributed by atoms with Gasteiger partial charge in [-0.3, -0.25) is 0 Å². The van der Waals surface area contributed by atoms with E-state index in [0.717, 1.165) is 24.4 Å². The zero-order valence-corrected chi connectivity index (χ0v) is 13.1. The second-order valence-corrected chi connectivity index (χ2v) is 6.74. The first-order chi connectivity index (χ1) is 8.47. The van der Waals surface area contributed by atoms with Crippen molar-refractivity contribution in [1.82, 2.24) is 15.1 Å². The highest BCUT2D eigenvalue weighted by Gasteiger charge is 2.21. The number of nitrogens with one attached hydrogen (secondary N) is 1. The molecule has 3 nitrogen and oxygen atoms in total. The van der Waals surface area contributed by atoms with Gasteiger partial charge in [-0.2, -0.15) is 0 Å². The number of hydrogen-bond donors (Lipinski definition) is 1. The Morgan fingerprint density at radius 2 is 1.72 bits per heavy atom. The van der Waals surface area contributed by atoms with Crippen LogP contribution in [0.25, 0.3) is 0 Å². The van der Waals surface area contributed by atoms with Gasteiger partial charge in [-0.25, -0.2) is 0 Å². The lowest BCUT2D eigenvalue weighted by atomic mass is 10.1. The molecule has 1 aliphatic carbocycles. The van der Waals surface area contributed by atoms with Crippen LogP contribution < -0.4 is 5.32 Å². The van der Waals surface area contributed by atoms with Crippen LogP contribution >= 0.6 is 0 Å². The third-order valence-corrected chi connectivity index (χ3v) is 3.39. The Balaban J connectivity index is 2.23. The van der Waals surface area contributed by atoms with Crippen molar-refractivity contribution >= 4 is 0 Å². The minimum atomic E-state index is 0.756. The molecular formula is C15H33N3. The molecule has 108 valence electrons. The summed E-state index contributed by atoms with van der Waals surface area (Å²) in [4.78, 5) is 4.91. The summed E-state index contributed by atoms with van der Waals surface area (Å²) >= 11 is 0. The Kier molecular flexibility index (Phi) is 7.20. The molecule has 18 heavy (non-hydrogen) atoms. The van der Waals surface area contributed by atoms with Crippen molar-refractivity contribution in [1.29, 1.82) is 0 Å². The topological polar surface area (TPSA) is 18.5 Å². The lowest BCUT2D eigenvalue weighted by Crippen LogP contribution is -2.39. The van der Waals surface area contributed by atoms with Gasteiger partial charge < -0.3 is 15.1 Å². The maximum atomic E-state index is 3.64. The highest BCUT2D eigenvalue weighted by Crippen LogP contribution is 2.18. The zero-order chi connectivity index (χ0) is 13.5. The summed E-state index contributed by atoms with van der Waals surface area (Å²) < 4.78 is 0. The standard InChI is InChI=1S/C15H33N3/c1-13(2)11-18(9-8-17(4)5)12-14(3)10-16-15-6-7-15/h13-16H,6-12H2,1-5H3. The van der Waals surface area contributed by atoms with Crippen LogP contribution in [0, 0.1) is 11.8 Å². The Bertz CT molecular complexity index is 212. The SMILES string of the molecule is CC(C)CN(CCN(C)C)CC(C)CNC1CC1. The molecule has 0 radical (unpaired) electrons. The van der Waals surface area contributed by atoms with Crippen LogP contribution in [0.1, 0.15) is 33.6 Å². The van der Waals surface area contributed by atoms with Crippen molar-refractivity contribution in [3.63, 3.8) is 0 Å². The Morgan fingerprint density at radius 1 is 1.06 bits per heavy atom. The third-order valence-electron chi connectivity index (χ3n) is 3.39. The summed E-state index contributed by atoms with van der Waals surface area (Å²) in [6.45, 7) is 13.0. The van der Waals surface area contributed by atoms with E-state index in [1.807, 2.05) is 0 Å². The fraction of sp³-hybridized carbons (Fsp3) is 1.00. The van der Waals surface area contributed by atoms with Gasteiger partial charge in [0.15, 0.2) is 0 Å². The van der Waals surface area contributed by atoms with Gasteiger partial charge in [0, 0.05) is 32.2 Å². The highest BCUT2D eigenvalue weighted by molar-refractivity contribution is 4.81. The molecule has 0 aromatic carbocycles. The fourth-order valence-electron chi connectivity index (χ4n) is 2.28. The molecule has 0 aromatic rings. The first kappa shape index (κ1) is 15.9. The van der Waals surface area contributed by atoms with E-state index >= 15 is 0 Å². The summed E-state index contributed by atoms with van der Waals surface area (Å²) in [5, 5.41) is 3.64. The van der Waals surface area contributed by atoms with Gasteiger partial charge in [0.2, 0.25) is 0 Å². The first-order valence-corrected chi connectivity index (χ1v) is 7.57. The molecule has 1 unspecified atom stereocenters. The van der Waals surface area contributed by atoms with Crippen LogP contribution in [0.5, 0.6) is 0 Å². The predicted molar refractivity (Wildman–Crippen MR) is 80.0 cm³/mol. The van der Waals surface area contributed by atoms with Crippen molar-refractivity contribution in [2.75, 3.05) is 46.8 Å². The third kappa shape index (κ3) is 8.06. The molecule has 0 amide bonds. The van der Waals surface area contributed by atoms with Gasteiger partial charge in [0.05, 0.1) is 0 Å². The Hall–Kier alpha value is -0.120. The molecule has 0 saturated heterocycles. The van der Waals surface area contributed by atoms with E-state index in [2.05, 4.69) is 50.0 Å². The van der Waals surface area contributed by atoms with Crippen LogP contribution in [-0.2, 0) is 0 Å². The minimum absolute atomic E-state index is 0.756. The molecule has 0 spiro atoms. The number of likely N-dealkylation sites (N-methyl/N-ethyl adjacent to an activating group) is 1. The largest absolute Gasteiger partial charge is 0.314 e. The maximum Gasteiger partial charge on any atom is 0.0109 e. The molecule has 1 N–H and O–H groups in total. The summed E-state index contributed by atoms with van der Waals surface area (Å²) in [5.41, 5.74) is 0. The highest BCUT2D eigenvalue weighted by atomic mass is 15.2. The second-order valence-electron chi connectivity index (χ2n) is 6.74. The van der Waals surface area contributed by atoms with E-state index in [9.17, 15) is 0 Å². The lowest BCUT2D eigenvalue weighted by molar-refractivity contribution is 0.193. The molecule has 0 aromatic heterocycles. The summed E-state index contributed by atoms with van der Waals surface area (Å²) in [7, 11) is 4.32. The average molecular weight is 255 g/mol. The van der Waals surface area contributed by atoms with Crippen molar-refractivity contribution in [2.24, 2.45) is 11.8 Å². The van der Waals surface area contributed by atoms with Crippen LogP contribution in [0.15, 0.2) is 0 Å². The Morgan fingerprint density at radius 3 is 2.22 bits per heavy atom. The van der Waals surface area contributed by atoms with E-state index in [1.165, 1.54) is 39.0 Å². The molecule has 1 rings (SSSR count). The molecule has 1 fully saturated rings. The smallest absolute Gasteiger partial charge is 0.0109 e. The summed E-state index contributed by atoms with van der Waals surface area (Å²) in [5.74, 6) is 1.52. The summed E-state index contributed by atoms with van der Waals surface area (Å²) in [6, 6.07) is 0.841. The molecule has 0 heterocycles. The lowest BCUT2D eigenvalue weighted by Gasteiger charge is -2.28. The molecule has 3 heteroatoms. The van der Waals surface area contributed by atoms with Crippen molar-refractivity contribution in [3.8, 4) is 0 Å². The molecule has 1 aliphatic rings. The van der Waals surface area contributed by atoms with Gasteiger partial charge in [-0.1, -0.05) is 20.8 Å². The number of rotatable bonds is 10. The van der Waals surface area contributed by atoms with Gasteiger partial charge in [0.25, 0.3) is 0 Å². The van der Waals surface area contributed by atoms with Crippen molar-refractivity contribution in [3.05, 3.63) is 0 Å². The quantitative estimate of drug-likeness (QED) is 0.643. The van der Waals surface area contributed by atoms with Gasteiger partial charge in [-0.05, 0) is 45.3 Å². The van der Waals surface area contributed by atoms with Crippen LogP contribution in [-0.4, -0.2) is 62.7 Å². The van der Waals surface area contributed by atoms with E-state index in [1.54, 1.807) is 0 Å². The normalized spacial score (nSPS) is 18.0. The van der Waals surface area contributed by atoms with Gasteiger partial charge in [0.1, 0.15) is 0 Å². The van der Waals surface area contributed by atoms with Crippen molar-refractivity contribution in [2.45, 2.75) is 39.7 Å². The average Bonchev–Trinajstić information content (AvgIpc) is 3.06. The first-order valence-electron chi connectivity index (χ1n) is 7.57. The van der Waals surface area contributed by atoms with Gasteiger partial charge >= 0.3 is 0 Å². The second kappa shape index (κ2) is 8.13. The summed E-state index contributed by atoms with van der Waals surface area (Å²) in [6.07, 6.45) is 2.78. The van der Waals surface area contributed by atoms with Crippen LogP contribution in [0.4, 0.5) is 0 Å². The Labute approximate surface area is 114 Å². The van der Waals surface area contributed by atoms with E-state index in [4.69, 9.17) is 0 Å². The number of nitrogens with zero attached hydrogens (tertiary/aromatic N) is 2. The monoisotopic (exact) mass is 255 g/mol. The van der Waals surface area contributed by atoms with E-state index in [-0.39, 0.29) is 0 Å². The van der Waals surface area contributed by atoms with Crippen LogP contribution in [0.2, 0.25) is 0 Å². The minimum Gasteiger partial charge on any atom is -0.314 e. The van der Waals surface area contributed by atoms with Crippen LogP contribution in [0.3, 0.4) is 0 Å². The molecule has 1 atom stereocenters. The molecule has 0 bridgehead atoms. The fourth-order valence-corrected chi connectivity index (χ4v) is 2.28. The predicted octanol–water partition coefficient (Wildman–Crippen LogP) is 1.89. The molecule has 1 saturated carbocycles. The molecule has 0 aliphatic heterocycles.